The second-order valence-electron chi connectivity index (χ2n) is 6.08. The Morgan fingerprint density at radius 1 is 0.875 bits per heavy atom. The third-order valence-corrected chi connectivity index (χ3v) is 4.83. The smallest absolute Gasteiger partial charge is 0.0729 e. The molecule has 1 N–H and O–H groups in total. The summed E-state index contributed by atoms with van der Waals surface area (Å²) < 4.78 is 6.19. The summed E-state index contributed by atoms with van der Waals surface area (Å²) in [6.45, 7) is 0.980. The molecule has 0 aromatic rings. The number of fused-ring (bicyclic) bond motifs is 1. The summed E-state index contributed by atoms with van der Waals surface area (Å²) in [5.41, 5.74) is 0.365. The van der Waals surface area contributed by atoms with Gasteiger partial charge in [0.2, 0.25) is 0 Å². The Kier molecular flexibility index (Phi) is 3.21. The maximum absolute atomic E-state index is 6.19. The van der Waals surface area contributed by atoms with Crippen LogP contribution in [0.5, 0.6) is 0 Å². The highest BCUT2D eigenvalue weighted by molar-refractivity contribution is 4.99. The Balaban J connectivity index is 1.67. The fourth-order valence-electron chi connectivity index (χ4n) is 3.86. The molecule has 0 amide bonds. The van der Waals surface area contributed by atoms with Crippen LogP contribution in [0.25, 0.3) is 0 Å². The minimum Gasteiger partial charge on any atom is -0.375 e. The number of rotatable bonds is 0. The molecule has 3 rings (SSSR count). The zero-order valence-electron chi connectivity index (χ0n) is 10.3. The van der Waals surface area contributed by atoms with Gasteiger partial charge in [-0.1, -0.05) is 38.5 Å². The van der Waals surface area contributed by atoms with Crippen LogP contribution >= 0.6 is 0 Å². The zero-order valence-corrected chi connectivity index (χ0v) is 10.3. The van der Waals surface area contributed by atoms with E-state index in [-0.39, 0.29) is 0 Å². The number of morpholine rings is 1. The summed E-state index contributed by atoms with van der Waals surface area (Å²) in [5.74, 6) is 0. The first kappa shape index (κ1) is 11.0. The van der Waals surface area contributed by atoms with Gasteiger partial charge in [-0.25, -0.2) is 0 Å². The Morgan fingerprint density at radius 2 is 1.62 bits per heavy atom. The van der Waals surface area contributed by atoms with Crippen molar-refractivity contribution in [2.75, 3.05) is 6.61 Å². The SMILES string of the molecule is C1CCC2NC3(CCCCC3)COC2CC1. The van der Waals surface area contributed by atoms with Crippen molar-refractivity contribution in [1.82, 2.24) is 5.32 Å². The Labute approximate surface area is 99.1 Å². The van der Waals surface area contributed by atoms with E-state index in [9.17, 15) is 0 Å². The highest BCUT2D eigenvalue weighted by atomic mass is 16.5. The van der Waals surface area contributed by atoms with E-state index in [1.165, 1.54) is 64.2 Å². The van der Waals surface area contributed by atoms with E-state index in [1.54, 1.807) is 0 Å². The van der Waals surface area contributed by atoms with Crippen molar-refractivity contribution in [2.45, 2.75) is 81.9 Å². The van der Waals surface area contributed by atoms with Gasteiger partial charge in [-0.2, -0.15) is 0 Å². The first-order chi connectivity index (χ1) is 7.88. The molecule has 0 aromatic heterocycles. The van der Waals surface area contributed by atoms with Crippen molar-refractivity contribution in [3.63, 3.8) is 0 Å². The minimum absolute atomic E-state index is 0.365. The number of hydrogen-bond donors (Lipinski definition) is 1. The van der Waals surface area contributed by atoms with Crippen LogP contribution in [0.3, 0.4) is 0 Å². The second kappa shape index (κ2) is 4.66. The molecule has 1 saturated heterocycles. The molecule has 2 unspecified atom stereocenters. The van der Waals surface area contributed by atoms with Crippen LogP contribution in [0.2, 0.25) is 0 Å². The van der Waals surface area contributed by atoms with Crippen molar-refractivity contribution in [3.8, 4) is 0 Å². The normalized spacial score (nSPS) is 39.0. The van der Waals surface area contributed by atoms with Gasteiger partial charge in [0.1, 0.15) is 0 Å². The lowest BCUT2D eigenvalue weighted by Crippen LogP contribution is -2.62. The Hall–Kier alpha value is -0.0800. The molecular weight excluding hydrogens is 198 g/mol. The molecule has 2 atom stereocenters. The summed E-state index contributed by atoms with van der Waals surface area (Å²) in [4.78, 5) is 0. The summed E-state index contributed by atoms with van der Waals surface area (Å²) >= 11 is 0. The standard InChI is InChI=1S/C14H25NO/c1-3-7-12-13(8-4-1)16-11-14(15-12)9-5-2-6-10-14/h12-13,15H,1-11H2. The van der Waals surface area contributed by atoms with Gasteiger partial charge in [-0.05, 0) is 25.7 Å². The van der Waals surface area contributed by atoms with Gasteiger partial charge < -0.3 is 10.1 Å². The van der Waals surface area contributed by atoms with Gasteiger partial charge in [-0.15, -0.1) is 0 Å². The van der Waals surface area contributed by atoms with Crippen molar-refractivity contribution in [3.05, 3.63) is 0 Å². The monoisotopic (exact) mass is 223 g/mol. The van der Waals surface area contributed by atoms with E-state index in [0.29, 0.717) is 17.7 Å². The second-order valence-corrected chi connectivity index (χ2v) is 6.08. The van der Waals surface area contributed by atoms with E-state index in [4.69, 9.17) is 4.74 Å². The molecule has 1 spiro atoms. The van der Waals surface area contributed by atoms with Crippen molar-refractivity contribution in [2.24, 2.45) is 0 Å². The summed E-state index contributed by atoms with van der Waals surface area (Å²) in [5, 5.41) is 3.99. The van der Waals surface area contributed by atoms with E-state index < -0.39 is 0 Å². The third-order valence-electron chi connectivity index (χ3n) is 4.83. The topological polar surface area (TPSA) is 21.3 Å². The Morgan fingerprint density at radius 3 is 2.50 bits per heavy atom. The Bertz CT molecular complexity index is 235. The highest BCUT2D eigenvalue weighted by Crippen LogP contribution is 2.35. The van der Waals surface area contributed by atoms with Gasteiger partial charge in [0.15, 0.2) is 0 Å². The quantitative estimate of drug-likeness (QED) is 0.681. The molecule has 2 aliphatic carbocycles. The van der Waals surface area contributed by atoms with E-state index in [0.717, 1.165) is 6.61 Å². The summed E-state index contributed by atoms with van der Waals surface area (Å²) in [7, 11) is 0. The molecule has 2 saturated carbocycles. The predicted molar refractivity (Wildman–Crippen MR) is 65.6 cm³/mol. The summed E-state index contributed by atoms with van der Waals surface area (Å²) in [6, 6.07) is 0.661. The van der Waals surface area contributed by atoms with Crippen LogP contribution in [0.1, 0.15) is 64.2 Å². The van der Waals surface area contributed by atoms with Gasteiger partial charge in [0.05, 0.1) is 12.7 Å². The van der Waals surface area contributed by atoms with Gasteiger partial charge in [-0.3, -0.25) is 0 Å². The highest BCUT2D eigenvalue weighted by Gasteiger charge is 2.41. The maximum atomic E-state index is 6.19. The van der Waals surface area contributed by atoms with Crippen LogP contribution in [-0.4, -0.2) is 24.3 Å². The van der Waals surface area contributed by atoms with E-state index >= 15 is 0 Å². The molecule has 0 aromatic carbocycles. The fourth-order valence-corrected chi connectivity index (χ4v) is 3.86. The van der Waals surface area contributed by atoms with Crippen LogP contribution in [0.4, 0.5) is 0 Å². The van der Waals surface area contributed by atoms with Crippen molar-refractivity contribution in [1.29, 1.82) is 0 Å². The minimum atomic E-state index is 0.365. The molecule has 16 heavy (non-hydrogen) atoms. The fraction of sp³-hybridized carbons (Fsp3) is 1.00. The molecule has 2 nitrogen and oxygen atoms in total. The van der Waals surface area contributed by atoms with Gasteiger partial charge in [0, 0.05) is 11.6 Å². The molecular formula is C14H25NO. The number of ether oxygens (including phenoxy) is 1. The van der Waals surface area contributed by atoms with Crippen LogP contribution in [0, 0.1) is 0 Å². The van der Waals surface area contributed by atoms with Crippen LogP contribution in [-0.2, 0) is 4.74 Å². The third kappa shape index (κ3) is 2.14. The first-order valence-electron chi connectivity index (χ1n) is 7.27. The van der Waals surface area contributed by atoms with Gasteiger partial charge in [0.25, 0.3) is 0 Å². The molecule has 3 fully saturated rings. The lowest BCUT2D eigenvalue weighted by atomic mass is 9.80. The predicted octanol–water partition coefficient (Wildman–Crippen LogP) is 3.01. The molecule has 2 heteroatoms. The lowest BCUT2D eigenvalue weighted by molar-refractivity contribution is -0.0755. The lowest BCUT2D eigenvalue weighted by Gasteiger charge is -2.47. The first-order valence-corrected chi connectivity index (χ1v) is 7.27. The van der Waals surface area contributed by atoms with Crippen LogP contribution < -0.4 is 5.32 Å². The van der Waals surface area contributed by atoms with Gasteiger partial charge >= 0.3 is 0 Å². The van der Waals surface area contributed by atoms with Crippen molar-refractivity contribution < 1.29 is 4.74 Å². The molecule has 92 valence electrons. The maximum Gasteiger partial charge on any atom is 0.0729 e. The molecule has 0 radical (unpaired) electrons. The molecule has 1 aliphatic heterocycles. The molecule has 3 aliphatic rings. The molecule has 0 bridgehead atoms. The average Bonchev–Trinajstić information content (AvgIpc) is 2.54. The van der Waals surface area contributed by atoms with Crippen molar-refractivity contribution >= 4 is 0 Å². The largest absolute Gasteiger partial charge is 0.375 e. The van der Waals surface area contributed by atoms with E-state index in [2.05, 4.69) is 5.32 Å². The molecule has 1 heterocycles. The van der Waals surface area contributed by atoms with E-state index in [1.807, 2.05) is 0 Å². The number of hydrogen-bond acceptors (Lipinski definition) is 2. The summed E-state index contributed by atoms with van der Waals surface area (Å²) in [6.07, 6.45) is 14.2. The number of nitrogens with one attached hydrogen (secondary N) is 1. The zero-order chi connectivity index (χ0) is 10.8. The van der Waals surface area contributed by atoms with Crippen LogP contribution in [0.15, 0.2) is 0 Å². The average molecular weight is 223 g/mol.